The first-order chi connectivity index (χ1) is 9.17. The zero-order chi connectivity index (χ0) is 15.1. The van der Waals surface area contributed by atoms with E-state index in [2.05, 4.69) is 4.74 Å². The van der Waals surface area contributed by atoms with Gasteiger partial charge in [-0.05, 0) is 6.42 Å². The van der Waals surface area contributed by atoms with Crippen molar-refractivity contribution >= 4 is 69.9 Å². The number of halogens is 5. The third kappa shape index (κ3) is 1.25. The van der Waals surface area contributed by atoms with Crippen LogP contribution in [0.2, 0.25) is 0 Å². The number of carbonyl (C=O) groups is 2. The number of ether oxygens (including phenoxy) is 1. The van der Waals surface area contributed by atoms with Crippen LogP contribution in [0.5, 0.6) is 0 Å². The molecule has 3 nitrogen and oxygen atoms in total. The first kappa shape index (κ1) is 15.2. The van der Waals surface area contributed by atoms with E-state index in [1.54, 1.807) is 0 Å². The van der Waals surface area contributed by atoms with Crippen LogP contribution in [-0.2, 0) is 14.3 Å². The zero-order valence-corrected chi connectivity index (χ0v) is 14.0. The first-order valence-corrected chi connectivity index (χ1v) is 7.95. The molecule has 3 aliphatic rings. The fraction of sp³-hybridized carbons (Fsp3) is 0.667. The van der Waals surface area contributed by atoms with Crippen molar-refractivity contribution in [2.75, 3.05) is 0 Å². The summed E-state index contributed by atoms with van der Waals surface area (Å²) in [7, 11) is 0. The molecule has 110 valence electrons. The summed E-state index contributed by atoms with van der Waals surface area (Å²) in [4.78, 5) is 19.6. The van der Waals surface area contributed by atoms with E-state index in [1.807, 2.05) is 6.92 Å². The number of hydrogen-bond donors (Lipinski definition) is 0. The molecule has 1 aliphatic heterocycles. The third-order valence-corrected chi connectivity index (χ3v) is 8.22. The van der Waals surface area contributed by atoms with E-state index in [9.17, 15) is 9.59 Å². The van der Waals surface area contributed by atoms with Crippen LogP contribution in [0.1, 0.15) is 19.8 Å². The Morgan fingerprint density at radius 2 is 1.40 bits per heavy atom. The lowest BCUT2D eigenvalue weighted by Crippen LogP contribution is -2.51. The largest absolute Gasteiger partial charge is 0.393 e. The first-order valence-electron chi connectivity index (χ1n) is 6.06. The van der Waals surface area contributed by atoms with E-state index in [0.717, 1.165) is 0 Å². The molecule has 2 fully saturated rings. The van der Waals surface area contributed by atoms with Gasteiger partial charge in [0.15, 0.2) is 0 Å². The highest BCUT2D eigenvalue weighted by Crippen LogP contribution is 2.77. The highest BCUT2D eigenvalue weighted by molar-refractivity contribution is 6.58. The fourth-order valence-electron chi connectivity index (χ4n) is 3.69. The third-order valence-electron chi connectivity index (χ3n) is 4.48. The Bertz CT molecular complexity index is 531. The summed E-state index contributed by atoms with van der Waals surface area (Å²) in [6.45, 7) is 1.89. The Hall–Kier alpha value is 0.330. The Kier molecular flexibility index (Phi) is 3.20. The van der Waals surface area contributed by atoms with Crippen LogP contribution < -0.4 is 0 Å². The smallest absolute Gasteiger partial charge is 0.319 e. The summed E-state index contributed by atoms with van der Waals surface area (Å²) in [5.74, 6) is -3.51. The molecule has 8 heteroatoms. The molecule has 0 N–H and O–H groups in total. The van der Waals surface area contributed by atoms with Gasteiger partial charge in [0.05, 0.1) is 26.8 Å². The van der Waals surface area contributed by atoms with Gasteiger partial charge in [0.1, 0.15) is 9.75 Å². The van der Waals surface area contributed by atoms with Crippen molar-refractivity contribution in [1.82, 2.24) is 0 Å². The number of carbonyl (C=O) groups excluding carboxylic acids is 2. The van der Waals surface area contributed by atoms with Crippen LogP contribution in [0.4, 0.5) is 0 Å². The van der Waals surface area contributed by atoms with Gasteiger partial charge in [-0.3, -0.25) is 9.59 Å². The lowest BCUT2D eigenvalue weighted by Gasteiger charge is -2.38. The minimum absolute atomic E-state index is 0.0344. The van der Waals surface area contributed by atoms with Crippen molar-refractivity contribution in [2.45, 2.75) is 34.4 Å². The average Bonchev–Trinajstić information content (AvgIpc) is 2.79. The molecule has 0 aromatic rings. The van der Waals surface area contributed by atoms with Crippen LogP contribution in [0.25, 0.3) is 0 Å². The molecule has 1 saturated carbocycles. The van der Waals surface area contributed by atoms with Crippen molar-refractivity contribution in [2.24, 2.45) is 11.8 Å². The lowest BCUT2D eigenvalue weighted by molar-refractivity contribution is -0.154. The van der Waals surface area contributed by atoms with Crippen molar-refractivity contribution < 1.29 is 14.3 Å². The molecule has 1 saturated heterocycles. The zero-order valence-electron chi connectivity index (χ0n) is 10.2. The Morgan fingerprint density at radius 3 is 1.75 bits per heavy atom. The van der Waals surface area contributed by atoms with Gasteiger partial charge in [-0.25, -0.2) is 0 Å². The standard InChI is InChI=1S/C12H9Cl5O3/c1-2-3-10(15)11(16)4-5(9(19)20-8(4)18)12(10,17)7(14)6(11)13/h4-5H,2-3H2,1H3. The minimum Gasteiger partial charge on any atom is -0.393 e. The maximum atomic E-state index is 12.0. The quantitative estimate of drug-likeness (QED) is 0.418. The van der Waals surface area contributed by atoms with E-state index in [1.165, 1.54) is 0 Å². The number of esters is 2. The van der Waals surface area contributed by atoms with Gasteiger partial charge in [0.2, 0.25) is 0 Å². The lowest BCUT2D eigenvalue weighted by atomic mass is 9.84. The van der Waals surface area contributed by atoms with E-state index in [4.69, 9.17) is 58.0 Å². The fourth-order valence-corrected chi connectivity index (χ4v) is 6.51. The summed E-state index contributed by atoms with van der Waals surface area (Å²) in [6, 6.07) is 0. The van der Waals surface area contributed by atoms with Crippen molar-refractivity contribution in [1.29, 1.82) is 0 Å². The molecular formula is C12H9Cl5O3. The molecule has 0 aromatic heterocycles. The molecule has 0 amide bonds. The molecule has 4 atom stereocenters. The number of allylic oxidation sites excluding steroid dienone is 2. The molecule has 4 unspecified atom stereocenters. The van der Waals surface area contributed by atoms with E-state index >= 15 is 0 Å². The van der Waals surface area contributed by atoms with E-state index in [0.29, 0.717) is 12.8 Å². The summed E-state index contributed by atoms with van der Waals surface area (Å²) < 4.78 is 4.66. The van der Waals surface area contributed by atoms with E-state index in [-0.39, 0.29) is 10.1 Å². The van der Waals surface area contributed by atoms with Crippen molar-refractivity contribution in [3.63, 3.8) is 0 Å². The number of fused-ring (bicyclic) bond motifs is 5. The summed E-state index contributed by atoms with van der Waals surface area (Å²) in [5, 5.41) is 0.0689. The van der Waals surface area contributed by atoms with Gasteiger partial charge < -0.3 is 4.74 Å². The van der Waals surface area contributed by atoms with Crippen LogP contribution >= 0.6 is 58.0 Å². The average molecular weight is 378 g/mol. The highest BCUT2D eigenvalue weighted by atomic mass is 35.5. The normalized spacial score (nSPS) is 49.9. The monoisotopic (exact) mass is 376 g/mol. The van der Waals surface area contributed by atoms with Crippen LogP contribution in [0.15, 0.2) is 10.1 Å². The molecule has 0 aromatic carbocycles. The Morgan fingerprint density at radius 1 is 1.00 bits per heavy atom. The maximum Gasteiger partial charge on any atom is 0.319 e. The van der Waals surface area contributed by atoms with Crippen LogP contribution in [0, 0.1) is 11.8 Å². The van der Waals surface area contributed by atoms with Gasteiger partial charge in [-0.1, -0.05) is 36.5 Å². The topological polar surface area (TPSA) is 43.4 Å². The molecule has 2 bridgehead atoms. The second kappa shape index (κ2) is 4.20. The number of hydrogen-bond acceptors (Lipinski definition) is 3. The van der Waals surface area contributed by atoms with Gasteiger partial charge in [-0.2, -0.15) is 0 Å². The maximum absolute atomic E-state index is 12.0. The molecule has 3 rings (SSSR count). The molecule has 0 radical (unpaired) electrons. The van der Waals surface area contributed by atoms with Crippen LogP contribution in [0.3, 0.4) is 0 Å². The summed E-state index contributed by atoms with van der Waals surface area (Å²) in [6.07, 6.45) is 1.00. The van der Waals surface area contributed by atoms with Gasteiger partial charge in [0, 0.05) is 0 Å². The molecular weight excluding hydrogens is 369 g/mol. The van der Waals surface area contributed by atoms with Crippen LogP contribution in [-0.4, -0.2) is 26.6 Å². The summed E-state index contributed by atoms with van der Waals surface area (Å²) >= 11 is 32.4. The molecule has 1 heterocycles. The predicted octanol–water partition coefficient (Wildman–Crippen LogP) is 3.75. The summed E-state index contributed by atoms with van der Waals surface area (Å²) in [5.41, 5.74) is 0. The second-order valence-corrected chi connectivity index (χ2v) is 7.89. The van der Waals surface area contributed by atoms with E-state index < -0.39 is 38.4 Å². The SMILES string of the molecule is CCCC1(Cl)C2(Cl)C(Cl)=C(Cl)C1(Cl)C1C(=O)OC(=O)C12. The molecule has 2 aliphatic carbocycles. The van der Waals surface area contributed by atoms with Gasteiger partial charge in [0.25, 0.3) is 0 Å². The highest BCUT2D eigenvalue weighted by Gasteiger charge is 2.87. The number of rotatable bonds is 2. The predicted molar refractivity (Wildman–Crippen MR) is 77.5 cm³/mol. The number of cyclic esters (lactones) is 2. The second-order valence-electron chi connectivity index (χ2n) is 5.30. The molecule has 20 heavy (non-hydrogen) atoms. The van der Waals surface area contributed by atoms with Crippen molar-refractivity contribution in [3.8, 4) is 0 Å². The minimum atomic E-state index is -1.52. The van der Waals surface area contributed by atoms with Crippen molar-refractivity contribution in [3.05, 3.63) is 10.1 Å². The number of alkyl halides is 3. The Balaban J connectivity index is 2.32. The molecule has 0 spiro atoms. The van der Waals surface area contributed by atoms with Gasteiger partial charge >= 0.3 is 11.9 Å². The van der Waals surface area contributed by atoms with Gasteiger partial charge in [-0.15, -0.1) is 34.8 Å². The Labute approximate surface area is 140 Å².